The largest absolute Gasteiger partial charge is 0.369 e. The maximum atomic E-state index is 12.0. The van der Waals surface area contributed by atoms with Crippen LogP contribution in [0.25, 0.3) is 0 Å². The molecule has 1 aliphatic heterocycles. The third-order valence-corrected chi connectivity index (χ3v) is 4.25. The fourth-order valence-corrected chi connectivity index (χ4v) is 2.86. The standard InChI is InChI=1S/C17H27N3O/c1-3-19(4-2)17(21)10-11-18-12-14-20(15-13-18)16-8-6-5-7-9-16/h5-9H,3-4,10-15H2,1-2H3. The molecule has 1 amide bonds. The van der Waals surface area contributed by atoms with Crippen molar-refractivity contribution >= 4 is 11.6 Å². The lowest BCUT2D eigenvalue weighted by Gasteiger charge is -2.36. The van der Waals surface area contributed by atoms with Gasteiger partial charge in [-0.3, -0.25) is 9.69 Å². The van der Waals surface area contributed by atoms with Gasteiger partial charge in [0.05, 0.1) is 0 Å². The van der Waals surface area contributed by atoms with Crippen LogP contribution in [0.1, 0.15) is 20.3 Å². The third-order valence-electron chi connectivity index (χ3n) is 4.25. The molecular weight excluding hydrogens is 262 g/mol. The second-order valence-corrected chi connectivity index (χ2v) is 5.48. The molecule has 4 heteroatoms. The molecule has 0 aromatic heterocycles. The number of hydrogen-bond donors (Lipinski definition) is 0. The highest BCUT2D eigenvalue weighted by Gasteiger charge is 2.18. The van der Waals surface area contributed by atoms with Gasteiger partial charge in [0, 0.05) is 57.9 Å². The molecule has 1 fully saturated rings. The molecule has 0 atom stereocenters. The van der Waals surface area contributed by atoms with Crippen molar-refractivity contribution in [2.45, 2.75) is 20.3 Å². The second kappa shape index (κ2) is 8.03. The van der Waals surface area contributed by atoms with Crippen molar-refractivity contribution in [1.82, 2.24) is 9.80 Å². The smallest absolute Gasteiger partial charge is 0.223 e. The van der Waals surface area contributed by atoms with E-state index < -0.39 is 0 Å². The van der Waals surface area contributed by atoms with E-state index in [4.69, 9.17) is 0 Å². The van der Waals surface area contributed by atoms with Gasteiger partial charge in [-0.05, 0) is 26.0 Å². The van der Waals surface area contributed by atoms with Crippen LogP contribution >= 0.6 is 0 Å². The molecule has 0 unspecified atom stereocenters. The fourth-order valence-electron chi connectivity index (χ4n) is 2.86. The molecule has 1 aromatic rings. The lowest BCUT2D eigenvalue weighted by Crippen LogP contribution is -2.47. The number of benzene rings is 1. The normalized spacial score (nSPS) is 16.0. The molecule has 0 bridgehead atoms. The Kier molecular flexibility index (Phi) is 6.05. The van der Waals surface area contributed by atoms with E-state index in [2.05, 4.69) is 40.1 Å². The number of carbonyl (C=O) groups is 1. The highest BCUT2D eigenvalue weighted by Crippen LogP contribution is 2.15. The summed E-state index contributed by atoms with van der Waals surface area (Å²) < 4.78 is 0. The number of para-hydroxylation sites is 1. The third kappa shape index (κ3) is 4.46. The van der Waals surface area contributed by atoms with E-state index in [-0.39, 0.29) is 5.91 Å². The van der Waals surface area contributed by atoms with Crippen molar-refractivity contribution in [2.75, 3.05) is 50.7 Å². The van der Waals surface area contributed by atoms with Crippen molar-refractivity contribution in [2.24, 2.45) is 0 Å². The molecule has 116 valence electrons. The van der Waals surface area contributed by atoms with Crippen LogP contribution in [-0.2, 0) is 4.79 Å². The molecule has 0 spiro atoms. The molecule has 21 heavy (non-hydrogen) atoms. The van der Waals surface area contributed by atoms with Crippen LogP contribution in [0.3, 0.4) is 0 Å². The van der Waals surface area contributed by atoms with E-state index in [1.807, 2.05) is 18.7 Å². The summed E-state index contributed by atoms with van der Waals surface area (Å²) in [4.78, 5) is 18.8. The van der Waals surface area contributed by atoms with Crippen LogP contribution in [0.15, 0.2) is 30.3 Å². The monoisotopic (exact) mass is 289 g/mol. The molecule has 2 rings (SSSR count). The Morgan fingerprint density at radius 1 is 1.05 bits per heavy atom. The molecule has 0 aliphatic carbocycles. The van der Waals surface area contributed by atoms with Gasteiger partial charge in [-0.1, -0.05) is 18.2 Å². The SMILES string of the molecule is CCN(CC)C(=O)CCN1CCN(c2ccccc2)CC1. The van der Waals surface area contributed by atoms with Crippen LogP contribution < -0.4 is 4.90 Å². The Labute approximate surface area is 128 Å². The maximum absolute atomic E-state index is 12.0. The zero-order chi connectivity index (χ0) is 15.1. The topological polar surface area (TPSA) is 26.8 Å². The predicted octanol–water partition coefficient (Wildman–Crippen LogP) is 2.07. The zero-order valence-electron chi connectivity index (χ0n) is 13.3. The Morgan fingerprint density at radius 2 is 1.67 bits per heavy atom. The van der Waals surface area contributed by atoms with Gasteiger partial charge in [-0.15, -0.1) is 0 Å². The van der Waals surface area contributed by atoms with E-state index in [0.717, 1.165) is 45.8 Å². The second-order valence-electron chi connectivity index (χ2n) is 5.48. The van der Waals surface area contributed by atoms with Crippen LogP contribution in [0, 0.1) is 0 Å². The van der Waals surface area contributed by atoms with Gasteiger partial charge in [0.15, 0.2) is 0 Å². The average Bonchev–Trinajstić information content (AvgIpc) is 2.55. The highest BCUT2D eigenvalue weighted by molar-refractivity contribution is 5.76. The summed E-state index contributed by atoms with van der Waals surface area (Å²) in [6.45, 7) is 10.8. The number of amides is 1. The minimum Gasteiger partial charge on any atom is -0.369 e. The Bertz CT molecular complexity index is 423. The van der Waals surface area contributed by atoms with Gasteiger partial charge in [0.1, 0.15) is 0 Å². The van der Waals surface area contributed by atoms with Crippen LogP contribution in [-0.4, -0.2) is 61.5 Å². The molecule has 1 saturated heterocycles. The lowest BCUT2D eigenvalue weighted by molar-refractivity contribution is -0.131. The average molecular weight is 289 g/mol. The molecule has 1 aromatic carbocycles. The van der Waals surface area contributed by atoms with Gasteiger partial charge < -0.3 is 9.80 Å². The van der Waals surface area contributed by atoms with E-state index >= 15 is 0 Å². The first kappa shape index (κ1) is 15.8. The summed E-state index contributed by atoms with van der Waals surface area (Å²) in [5.74, 6) is 0.283. The summed E-state index contributed by atoms with van der Waals surface area (Å²) in [7, 11) is 0. The fraction of sp³-hybridized carbons (Fsp3) is 0.588. The van der Waals surface area contributed by atoms with Gasteiger partial charge in [-0.2, -0.15) is 0 Å². The Morgan fingerprint density at radius 3 is 2.24 bits per heavy atom. The molecule has 1 aliphatic rings. The van der Waals surface area contributed by atoms with E-state index in [0.29, 0.717) is 6.42 Å². The van der Waals surface area contributed by atoms with E-state index in [9.17, 15) is 4.79 Å². The van der Waals surface area contributed by atoms with Crippen molar-refractivity contribution < 1.29 is 4.79 Å². The van der Waals surface area contributed by atoms with Crippen LogP contribution in [0.5, 0.6) is 0 Å². The van der Waals surface area contributed by atoms with Crippen molar-refractivity contribution in [3.63, 3.8) is 0 Å². The molecule has 0 radical (unpaired) electrons. The van der Waals surface area contributed by atoms with Crippen molar-refractivity contribution in [1.29, 1.82) is 0 Å². The van der Waals surface area contributed by atoms with Gasteiger partial charge >= 0.3 is 0 Å². The first-order valence-electron chi connectivity index (χ1n) is 8.04. The summed E-state index contributed by atoms with van der Waals surface area (Å²) >= 11 is 0. The summed E-state index contributed by atoms with van der Waals surface area (Å²) in [5.41, 5.74) is 1.30. The number of hydrogen-bond acceptors (Lipinski definition) is 3. The van der Waals surface area contributed by atoms with Crippen molar-refractivity contribution in [3.05, 3.63) is 30.3 Å². The number of rotatable bonds is 6. The minimum absolute atomic E-state index is 0.283. The van der Waals surface area contributed by atoms with E-state index in [1.54, 1.807) is 0 Å². The number of carbonyl (C=O) groups excluding carboxylic acids is 1. The highest BCUT2D eigenvalue weighted by atomic mass is 16.2. The predicted molar refractivity (Wildman–Crippen MR) is 87.6 cm³/mol. The Hall–Kier alpha value is -1.55. The van der Waals surface area contributed by atoms with E-state index in [1.165, 1.54) is 5.69 Å². The number of piperazine rings is 1. The van der Waals surface area contributed by atoms with Crippen molar-refractivity contribution in [3.8, 4) is 0 Å². The van der Waals surface area contributed by atoms with Crippen LogP contribution in [0.2, 0.25) is 0 Å². The zero-order valence-corrected chi connectivity index (χ0v) is 13.3. The summed E-state index contributed by atoms with van der Waals surface area (Å²) in [5, 5.41) is 0. The summed E-state index contributed by atoms with van der Waals surface area (Å²) in [6, 6.07) is 10.6. The molecular formula is C17H27N3O. The lowest BCUT2D eigenvalue weighted by atomic mass is 10.2. The Balaban J connectivity index is 1.73. The molecule has 0 N–H and O–H groups in total. The van der Waals surface area contributed by atoms with Gasteiger partial charge in [0.25, 0.3) is 0 Å². The molecule has 4 nitrogen and oxygen atoms in total. The first-order chi connectivity index (χ1) is 10.2. The summed E-state index contributed by atoms with van der Waals surface area (Å²) in [6.07, 6.45) is 0.646. The quantitative estimate of drug-likeness (QED) is 0.802. The maximum Gasteiger partial charge on any atom is 0.223 e. The molecule has 1 heterocycles. The van der Waals surface area contributed by atoms with Gasteiger partial charge in [-0.25, -0.2) is 0 Å². The van der Waals surface area contributed by atoms with Crippen LogP contribution in [0.4, 0.5) is 5.69 Å². The molecule has 0 saturated carbocycles. The minimum atomic E-state index is 0.283. The first-order valence-corrected chi connectivity index (χ1v) is 8.04. The number of anilines is 1. The van der Waals surface area contributed by atoms with Gasteiger partial charge in [0.2, 0.25) is 5.91 Å². The number of nitrogens with zero attached hydrogens (tertiary/aromatic N) is 3.